The van der Waals surface area contributed by atoms with Crippen LogP contribution in [0.4, 0.5) is 5.82 Å². The highest BCUT2D eigenvalue weighted by Crippen LogP contribution is 2.29. The maximum atomic E-state index is 6.08. The second-order valence-corrected chi connectivity index (χ2v) is 5.31. The van der Waals surface area contributed by atoms with Gasteiger partial charge in [0.05, 0.1) is 0 Å². The van der Waals surface area contributed by atoms with Crippen molar-refractivity contribution in [2.75, 3.05) is 11.4 Å². The summed E-state index contributed by atoms with van der Waals surface area (Å²) in [5.41, 5.74) is 7.26. The van der Waals surface area contributed by atoms with E-state index in [2.05, 4.69) is 22.9 Å². The SMILES string of the molecule is CCC1CCCCCN1c1ncccc1[C@@H](C)N. The van der Waals surface area contributed by atoms with E-state index in [9.17, 15) is 0 Å². The number of hydrogen-bond acceptors (Lipinski definition) is 3. The molecule has 100 valence electrons. The molecule has 0 spiro atoms. The highest BCUT2D eigenvalue weighted by Gasteiger charge is 2.23. The van der Waals surface area contributed by atoms with Gasteiger partial charge in [-0.3, -0.25) is 0 Å². The molecule has 1 aliphatic rings. The summed E-state index contributed by atoms with van der Waals surface area (Å²) in [7, 11) is 0. The number of hydrogen-bond donors (Lipinski definition) is 1. The van der Waals surface area contributed by atoms with Crippen molar-refractivity contribution in [3.63, 3.8) is 0 Å². The lowest BCUT2D eigenvalue weighted by Gasteiger charge is -2.32. The fraction of sp³-hybridized carbons (Fsp3) is 0.667. The molecule has 2 atom stereocenters. The molecule has 0 saturated carbocycles. The Bertz CT molecular complexity index is 376. The van der Waals surface area contributed by atoms with E-state index < -0.39 is 0 Å². The predicted octanol–water partition coefficient (Wildman–Crippen LogP) is 3.26. The summed E-state index contributed by atoms with van der Waals surface area (Å²) < 4.78 is 0. The van der Waals surface area contributed by atoms with Gasteiger partial charge in [0, 0.05) is 30.4 Å². The summed E-state index contributed by atoms with van der Waals surface area (Å²) in [6.07, 6.45) is 8.31. The van der Waals surface area contributed by atoms with Gasteiger partial charge < -0.3 is 10.6 Å². The molecule has 0 aromatic carbocycles. The van der Waals surface area contributed by atoms with Crippen LogP contribution >= 0.6 is 0 Å². The average molecular weight is 247 g/mol. The summed E-state index contributed by atoms with van der Waals surface area (Å²) in [5, 5.41) is 0. The molecule has 18 heavy (non-hydrogen) atoms. The quantitative estimate of drug-likeness (QED) is 0.891. The average Bonchev–Trinajstić information content (AvgIpc) is 2.63. The highest BCUT2D eigenvalue weighted by atomic mass is 15.2. The number of rotatable bonds is 3. The maximum absolute atomic E-state index is 6.08. The van der Waals surface area contributed by atoms with Crippen molar-refractivity contribution in [1.82, 2.24) is 4.98 Å². The molecule has 1 unspecified atom stereocenters. The van der Waals surface area contributed by atoms with Crippen molar-refractivity contribution in [2.24, 2.45) is 5.73 Å². The molecule has 2 rings (SSSR count). The van der Waals surface area contributed by atoms with Gasteiger partial charge in [-0.15, -0.1) is 0 Å². The van der Waals surface area contributed by atoms with Gasteiger partial charge in [0.15, 0.2) is 0 Å². The molecule has 2 heterocycles. The third-order valence-corrected chi connectivity index (χ3v) is 3.93. The highest BCUT2D eigenvalue weighted by molar-refractivity contribution is 5.49. The minimum Gasteiger partial charge on any atom is -0.353 e. The zero-order chi connectivity index (χ0) is 13.0. The van der Waals surface area contributed by atoms with Crippen LogP contribution in [0.1, 0.15) is 57.6 Å². The van der Waals surface area contributed by atoms with Crippen LogP contribution in [-0.2, 0) is 0 Å². The Labute approximate surface area is 110 Å². The molecular formula is C15H25N3. The van der Waals surface area contributed by atoms with Crippen molar-refractivity contribution in [2.45, 2.75) is 58.0 Å². The lowest BCUT2D eigenvalue weighted by atomic mass is 10.1. The summed E-state index contributed by atoms with van der Waals surface area (Å²) in [6, 6.07) is 4.78. The normalized spacial score (nSPS) is 22.6. The van der Waals surface area contributed by atoms with Crippen molar-refractivity contribution in [3.8, 4) is 0 Å². The largest absolute Gasteiger partial charge is 0.353 e. The standard InChI is InChI=1S/C15H25N3/c1-3-13-8-5-4-6-11-18(13)15-14(12(2)16)9-7-10-17-15/h7,9-10,12-13H,3-6,8,11,16H2,1-2H3/t12-,13?/m1/s1. The number of aromatic nitrogens is 1. The molecule has 0 amide bonds. The lowest BCUT2D eigenvalue weighted by Crippen LogP contribution is -2.36. The minimum atomic E-state index is 0.0504. The molecule has 3 nitrogen and oxygen atoms in total. The van der Waals surface area contributed by atoms with E-state index in [0.717, 1.165) is 12.4 Å². The summed E-state index contributed by atoms with van der Waals surface area (Å²) in [5.74, 6) is 1.11. The van der Waals surface area contributed by atoms with E-state index in [0.29, 0.717) is 6.04 Å². The number of anilines is 1. The fourth-order valence-corrected chi connectivity index (χ4v) is 2.89. The van der Waals surface area contributed by atoms with Gasteiger partial charge in [0.2, 0.25) is 0 Å². The van der Waals surface area contributed by atoms with Gasteiger partial charge in [-0.05, 0) is 32.3 Å². The Balaban J connectivity index is 2.32. The van der Waals surface area contributed by atoms with Crippen molar-refractivity contribution < 1.29 is 0 Å². The van der Waals surface area contributed by atoms with Gasteiger partial charge in [-0.25, -0.2) is 4.98 Å². The number of nitrogens with zero attached hydrogens (tertiary/aromatic N) is 2. The summed E-state index contributed by atoms with van der Waals surface area (Å²) in [6.45, 7) is 5.44. The third-order valence-electron chi connectivity index (χ3n) is 3.93. The smallest absolute Gasteiger partial charge is 0.133 e. The third kappa shape index (κ3) is 2.83. The lowest BCUT2D eigenvalue weighted by molar-refractivity contribution is 0.549. The molecular weight excluding hydrogens is 222 g/mol. The molecule has 2 N–H and O–H groups in total. The Kier molecular flexibility index (Phi) is 4.59. The van der Waals surface area contributed by atoms with E-state index in [1.807, 2.05) is 19.2 Å². The molecule has 0 radical (unpaired) electrons. The summed E-state index contributed by atoms with van der Waals surface area (Å²) >= 11 is 0. The zero-order valence-electron chi connectivity index (χ0n) is 11.6. The zero-order valence-corrected chi connectivity index (χ0v) is 11.6. The fourth-order valence-electron chi connectivity index (χ4n) is 2.89. The van der Waals surface area contributed by atoms with Gasteiger partial charge in [0.25, 0.3) is 0 Å². The number of nitrogens with two attached hydrogens (primary N) is 1. The van der Waals surface area contributed by atoms with Crippen LogP contribution in [0.3, 0.4) is 0 Å². The number of pyridine rings is 1. The van der Waals surface area contributed by atoms with E-state index >= 15 is 0 Å². The van der Waals surface area contributed by atoms with Crippen LogP contribution in [0.15, 0.2) is 18.3 Å². The topological polar surface area (TPSA) is 42.2 Å². The first kappa shape index (κ1) is 13.3. The van der Waals surface area contributed by atoms with E-state index in [1.54, 1.807) is 0 Å². The predicted molar refractivity (Wildman–Crippen MR) is 76.7 cm³/mol. The Morgan fingerprint density at radius 1 is 1.44 bits per heavy atom. The van der Waals surface area contributed by atoms with Crippen LogP contribution in [0.2, 0.25) is 0 Å². The molecule has 1 fully saturated rings. The van der Waals surface area contributed by atoms with E-state index in [1.165, 1.54) is 37.7 Å². The van der Waals surface area contributed by atoms with Crippen molar-refractivity contribution in [3.05, 3.63) is 23.9 Å². The second kappa shape index (κ2) is 6.19. The van der Waals surface area contributed by atoms with Gasteiger partial charge >= 0.3 is 0 Å². The molecule has 0 bridgehead atoms. The molecule has 1 aliphatic heterocycles. The van der Waals surface area contributed by atoms with Gasteiger partial charge in [-0.1, -0.05) is 25.8 Å². The first-order chi connectivity index (χ1) is 8.74. The van der Waals surface area contributed by atoms with Crippen LogP contribution in [-0.4, -0.2) is 17.6 Å². The minimum absolute atomic E-state index is 0.0504. The molecule has 1 aromatic heterocycles. The molecule has 3 heteroatoms. The van der Waals surface area contributed by atoms with Crippen molar-refractivity contribution >= 4 is 5.82 Å². The van der Waals surface area contributed by atoms with Gasteiger partial charge in [0.1, 0.15) is 5.82 Å². The monoisotopic (exact) mass is 247 g/mol. The first-order valence-electron chi connectivity index (χ1n) is 7.21. The Hall–Kier alpha value is -1.09. The molecule has 1 aromatic rings. The maximum Gasteiger partial charge on any atom is 0.133 e. The van der Waals surface area contributed by atoms with Crippen LogP contribution in [0.25, 0.3) is 0 Å². The first-order valence-corrected chi connectivity index (χ1v) is 7.21. The Morgan fingerprint density at radius 3 is 3.00 bits per heavy atom. The van der Waals surface area contributed by atoms with Crippen LogP contribution in [0, 0.1) is 0 Å². The Morgan fingerprint density at radius 2 is 2.28 bits per heavy atom. The molecule has 0 aliphatic carbocycles. The summed E-state index contributed by atoms with van der Waals surface area (Å²) in [4.78, 5) is 7.10. The second-order valence-electron chi connectivity index (χ2n) is 5.31. The van der Waals surface area contributed by atoms with E-state index in [-0.39, 0.29) is 6.04 Å². The van der Waals surface area contributed by atoms with Gasteiger partial charge in [-0.2, -0.15) is 0 Å². The van der Waals surface area contributed by atoms with Crippen LogP contribution in [0.5, 0.6) is 0 Å². The van der Waals surface area contributed by atoms with Crippen molar-refractivity contribution in [1.29, 1.82) is 0 Å². The van der Waals surface area contributed by atoms with E-state index in [4.69, 9.17) is 5.73 Å². The molecule has 1 saturated heterocycles. The van der Waals surface area contributed by atoms with Crippen LogP contribution < -0.4 is 10.6 Å².